The Hall–Kier alpha value is -1.61. The fourth-order valence-electron chi connectivity index (χ4n) is 2.33. The first-order valence-corrected chi connectivity index (χ1v) is 6.91. The van der Waals surface area contributed by atoms with Gasteiger partial charge in [-0.25, -0.2) is 0 Å². The van der Waals surface area contributed by atoms with Crippen molar-refractivity contribution in [3.05, 3.63) is 54.1 Å². The van der Waals surface area contributed by atoms with Gasteiger partial charge in [-0.15, -0.1) is 0 Å². The quantitative estimate of drug-likeness (QED) is 0.792. The Kier molecular flexibility index (Phi) is 2.71. The molecule has 0 bridgehead atoms. The zero-order chi connectivity index (χ0) is 12.6. The molecule has 1 heterocycles. The van der Waals surface area contributed by atoms with Gasteiger partial charge in [-0.2, -0.15) is 0 Å². The summed E-state index contributed by atoms with van der Waals surface area (Å²) in [5.41, 5.74) is 2.37. The van der Waals surface area contributed by atoms with E-state index in [9.17, 15) is 5.11 Å². The topological polar surface area (TPSA) is 32.3 Å². The molecule has 0 fully saturated rings. The SMILES string of the molecule is CCC1(c2ccccc2)Nc2ccc(O)cc2S1. The third kappa shape index (κ3) is 1.75. The first-order chi connectivity index (χ1) is 8.73. The molecule has 0 aromatic heterocycles. The van der Waals surface area contributed by atoms with E-state index in [1.807, 2.05) is 18.2 Å². The Morgan fingerprint density at radius 1 is 1.17 bits per heavy atom. The third-order valence-corrected chi connectivity index (χ3v) is 4.86. The van der Waals surface area contributed by atoms with Crippen molar-refractivity contribution in [2.75, 3.05) is 5.32 Å². The second kappa shape index (κ2) is 4.25. The van der Waals surface area contributed by atoms with Crippen LogP contribution in [0.4, 0.5) is 5.69 Å². The fraction of sp³-hybridized carbons (Fsp3) is 0.200. The number of benzene rings is 2. The van der Waals surface area contributed by atoms with Crippen molar-refractivity contribution < 1.29 is 5.11 Å². The van der Waals surface area contributed by atoms with Crippen LogP contribution in [0.2, 0.25) is 0 Å². The largest absolute Gasteiger partial charge is 0.508 e. The van der Waals surface area contributed by atoms with Crippen molar-refractivity contribution in [3.63, 3.8) is 0 Å². The number of phenols is 1. The minimum absolute atomic E-state index is 0.114. The molecule has 1 aliphatic heterocycles. The highest BCUT2D eigenvalue weighted by molar-refractivity contribution is 8.00. The minimum atomic E-state index is -0.114. The lowest BCUT2D eigenvalue weighted by molar-refractivity contribution is 0.474. The molecule has 0 aliphatic carbocycles. The highest BCUT2D eigenvalue weighted by atomic mass is 32.2. The number of hydrogen-bond donors (Lipinski definition) is 2. The fourth-order valence-corrected chi connectivity index (χ4v) is 3.68. The van der Waals surface area contributed by atoms with Gasteiger partial charge in [0.1, 0.15) is 10.6 Å². The molecule has 0 saturated heterocycles. The van der Waals surface area contributed by atoms with Gasteiger partial charge in [0.15, 0.2) is 0 Å². The van der Waals surface area contributed by atoms with Crippen LogP contribution in [0.3, 0.4) is 0 Å². The van der Waals surface area contributed by atoms with Gasteiger partial charge in [0.25, 0.3) is 0 Å². The van der Waals surface area contributed by atoms with Crippen LogP contribution < -0.4 is 5.32 Å². The predicted octanol–water partition coefficient (Wildman–Crippen LogP) is 4.17. The maximum atomic E-state index is 9.57. The summed E-state index contributed by atoms with van der Waals surface area (Å²) in [6.45, 7) is 2.18. The molecule has 1 atom stereocenters. The maximum Gasteiger partial charge on any atom is 0.116 e. The Labute approximate surface area is 111 Å². The first kappa shape index (κ1) is 11.5. The molecular weight excluding hydrogens is 242 g/mol. The summed E-state index contributed by atoms with van der Waals surface area (Å²) in [6.07, 6.45) is 0.983. The molecule has 1 aliphatic rings. The predicted molar refractivity (Wildman–Crippen MR) is 76.0 cm³/mol. The second-order valence-corrected chi connectivity index (χ2v) is 5.79. The summed E-state index contributed by atoms with van der Waals surface area (Å²) in [5.74, 6) is 0.322. The molecule has 0 spiro atoms. The summed E-state index contributed by atoms with van der Waals surface area (Å²) in [4.78, 5) is 0.998. The van der Waals surface area contributed by atoms with Gasteiger partial charge < -0.3 is 10.4 Å². The summed E-state index contributed by atoms with van der Waals surface area (Å²) in [6, 6.07) is 16.0. The van der Waals surface area contributed by atoms with E-state index in [-0.39, 0.29) is 4.87 Å². The van der Waals surface area contributed by atoms with Crippen LogP contribution in [-0.4, -0.2) is 5.11 Å². The average molecular weight is 257 g/mol. The zero-order valence-electron chi connectivity index (χ0n) is 10.2. The van der Waals surface area contributed by atoms with Crippen LogP contribution in [0.5, 0.6) is 5.75 Å². The van der Waals surface area contributed by atoms with E-state index >= 15 is 0 Å². The normalized spacial score (nSPS) is 21.4. The van der Waals surface area contributed by atoms with Crippen molar-refractivity contribution in [3.8, 4) is 5.75 Å². The van der Waals surface area contributed by atoms with Gasteiger partial charge in [0.2, 0.25) is 0 Å². The molecular formula is C15H15NOS. The van der Waals surface area contributed by atoms with Crippen LogP contribution in [0.1, 0.15) is 18.9 Å². The Bertz CT molecular complexity index is 570. The number of fused-ring (bicyclic) bond motifs is 1. The smallest absolute Gasteiger partial charge is 0.116 e. The van der Waals surface area contributed by atoms with Gasteiger partial charge >= 0.3 is 0 Å². The molecule has 2 aromatic rings. The summed E-state index contributed by atoms with van der Waals surface area (Å²) >= 11 is 1.78. The standard InChI is InChI=1S/C15H15NOS/c1-2-15(11-6-4-3-5-7-11)16-13-9-8-12(17)10-14(13)18-15/h3-10,16-17H,2H2,1H3. The van der Waals surface area contributed by atoms with Gasteiger partial charge in [-0.05, 0) is 30.2 Å². The number of thioether (sulfide) groups is 1. The summed E-state index contributed by atoms with van der Waals surface area (Å²) in [5, 5.41) is 13.2. The van der Waals surface area contributed by atoms with Gasteiger partial charge in [0.05, 0.1) is 0 Å². The number of aromatic hydroxyl groups is 1. The zero-order valence-corrected chi connectivity index (χ0v) is 11.0. The summed E-state index contributed by atoms with van der Waals surface area (Å²) in [7, 11) is 0. The Balaban J connectivity index is 2.03. The molecule has 0 radical (unpaired) electrons. The minimum Gasteiger partial charge on any atom is -0.508 e. The molecule has 18 heavy (non-hydrogen) atoms. The Morgan fingerprint density at radius 2 is 1.94 bits per heavy atom. The third-order valence-electron chi connectivity index (χ3n) is 3.32. The van der Waals surface area contributed by atoms with E-state index in [1.54, 1.807) is 17.8 Å². The van der Waals surface area contributed by atoms with Crippen molar-refractivity contribution >= 4 is 17.4 Å². The van der Waals surface area contributed by atoms with Gasteiger partial charge in [-0.1, -0.05) is 49.0 Å². The number of hydrogen-bond acceptors (Lipinski definition) is 3. The molecule has 2 N–H and O–H groups in total. The van der Waals surface area contributed by atoms with Crippen molar-refractivity contribution in [1.82, 2.24) is 0 Å². The first-order valence-electron chi connectivity index (χ1n) is 6.09. The lowest BCUT2D eigenvalue weighted by Crippen LogP contribution is -2.26. The van der Waals surface area contributed by atoms with E-state index < -0.39 is 0 Å². The molecule has 2 nitrogen and oxygen atoms in total. The maximum absolute atomic E-state index is 9.57. The lowest BCUT2D eigenvalue weighted by Gasteiger charge is -2.28. The van der Waals surface area contributed by atoms with Gasteiger partial charge in [0, 0.05) is 10.6 Å². The lowest BCUT2D eigenvalue weighted by atomic mass is 10.0. The molecule has 3 rings (SSSR count). The number of nitrogens with one attached hydrogen (secondary N) is 1. The van der Waals surface area contributed by atoms with E-state index in [1.165, 1.54) is 5.56 Å². The van der Waals surface area contributed by atoms with Crippen molar-refractivity contribution in [2.45, 2.75) is 23.1 Å². The molecule has 2 aromatic carbocycles. The molecule has 1 unspecified atom stereocenters. The van der Waals surface area contributed by atoms with E-state index in [4.69, 9.17) is 0 Å². The highest BCUT2D eigenvalue weighted by Crippen LogP contribution is 2.53. The number of phenolic OH excluding ortho intramolecular Hbond substituents is 1. The number of anilines is 1. The average Bonchev–Trinajstić information content (AvgIpc) is 2.79. The number of rotatable bonds is 2. The molecule has 0 saturated carbocycles. The molecule has 0 amide bonds. The van der Waals surface area contributed by atoms with E-state index in [0.717, 1.165) is 17.0 Å². The van der Waals surface area contributed by atoms with Crippen LogP contribution in [0.25, 0.3) is 0 Å². The van der Waals surface area contributed by atoms with Crippen molar-refractivity contribution in [1.29, 1.82) is 0 Å². The van der Waals surface area contributed by atoms with E-state index in [0.29, 0.717) is 5.75 Å². The van der Waals surface area contributed by atoms with Gasteiger partial charge in [-0.3, -0.25) is 0 Å². The molecule has 3 heteroatoms. The second-order valence-electron chi connectivity index (χ2n) is 4.45. The Morgan fingerprint density at radius 3 is 2.67 bits per heavy atom. The van der Waals surface area contributed by atoms with Crippen LogP contribution in [-0.2, 0) is 4.87 Å². The summed E-state index contributed by atoms with van der Waals surface area (Å²) < 4.78 is 0. The monoisotopic (exact) mass is 257 g/mol. The van der Waals surface area contributed by atoms with Crippen LogP contribution in [0.15, 0.2) is 53.4 Å². The highest BCUT2D eigenvalue weighted by Gasteiger charge is 2.37. The van der Waals surface area contributed by atoms with Crippen LogP contribution >= 0.6 is 11.8 Å². The van der Waals surface area contributed by atoms with Crippen LogP contribution in [0, 0.1) is 0 Å². The van der Waals surface area contributed by atoms with Crippen molar-refractivity contribution in [2.24, 2.45) is 0 Å². The molecule has 92 valence electrons. The van der Waals surface area contributed by atoms with E-state index in [2.05, 4.69) is 36.5 Å².